The van der Waals surface area contributed by atoms with Gasteiger partial charge in [0, 0.05) is 7.05 Å². The fourth-order valence-electron chi connectivity index (χ4n) is 1.50. The van der Waals surface area contributed by atoms with Crippen molar-refractivity contribution in [3.05, 3.63) is 11.6 Å². The Kier molecular flexibility index (Phi) is 4.62. The third-order valence-electron chi connectivity index (χ3n) is 2.94. The van der Waals surface area contributed by atoms with Crippen LogP contribution in [0.2, 0.25) is 0 Å². The van der Waals surface area contributed by atoms with Gasteiger partial charge < -0.3 is 10.6 Å². The molecule has 0 saturated carbocycles. The summed E-state index contributed by atoms with van der Waals surface area (Å²) in [5.74, 6) is 1.46. The molecule has 3 N–H and O–H groups in total. The van der Waals surface area contributed by atoms with Crippen molar-refractivity contribution in [3.63, 3.8) is 0 Å². The van der Waals surface area contributed by atoms with Gasteiger partial charge in [-0.15, -0.1) is 0 Å². The number of aromatic amines is 1. The Labute approximate surface area is 102 Å². The summed E-state index contributed by atoms with van der Waals surface area (Å²) in [6.45, 7) is 6.21. The zero-order valence-corrected chi connectivity index (χ0v) is 10.9. The molecular formula is C11H21N5O. The molecule has 1 aromatic rings. The van der Waals surface area contributed by atoms with Crippen LogP contribution in [0.25, 0.3) is 0 Å². The van der Waals surface area contributed by atoms with E-state index in [2.05, 4.69) is 15.2 Å². The fourth-order valence-corrected chi connectivity index (χ4v) is 1.50. The summed E-state index contributed by atoms with van der Waals surface area (Å²) in [5, 5.41) is 6.74. The second-order valence-electron chi connectivity index (χ2n) is 4.44. The van der Waals surface area contributed by atoms with Crippen molar-refractivity contribution < 1.29 is 4.79 Å². The van der Waals surface area contributed by atoms with E-state index in [0.29, 0.717) is 12.4 Å². The molecule has 0 aromatic carbocycles. The van der Waals surface area contributed by atoms with E-state index < -0.39 is 6.04 Å². The molecule has 0 spiro atoms. The van der Waals surface area contributed by atoms with Crippen LogP contribution in [0.1, 0.15) is 31.9 Å². The smallest absolute Gasteiger partial charge is 0.239 e. The molecule has 0 saturated heterocycles. The fraction of sp³-hybridized carbons (Fsp3) is 0.727. The first-order valence-electron chi connectivity index (χ1n) is 5.84. The lowest BCUT2D eigenvalue weighted by Crippen LogP contribution is -2.45. The van der Waals surface area contributed by atoms with E-state index in [9.17, 15) is 4.79 Å². The molecule has 96 valence electrons. The first-order chi connectivity index (χ1) is 7.95. The first-order valence-corrected chi connectivity index (χ1v) is 5.84. The summed E-state index contributed by atoms with van der Waals surface area (Å²) < 4.78 is 0. The van der Waals surface area contributed by atoms with Gasteiger partial charge in [-0.3, -0.25) is 9.89 Å². The van der Waals surface area contributed by atoms with Crippen molar-refractivity contribution in [3.8, 4) is 0 Å². The Hall–Kier alpha value is -1.43. The average Bonchev–Trinajstić information content (AvgIpc) is 2.71. The zero-order chi connectivity index (χ0) is 13.0. The summed E-state index contributed by atoms with van der Waals surface area (Å²) in [6, 6.07) is -0.454. The van der Waals surface area contributed by atoms with Gasteiger partial charge in [-0.05, 0) is 12.8 Å². The maximum Gasteiger partial charge on any atom is 0.239 e. The maximum atomic E-state index is 12.0. The molecule has 6 heteroatoms. The minimum absolute atomic E-state index is 0.0678. The van der Waals surface area contributed by atoms with Crippen LogP contribution in [0.4, 0.5) is 0 Å². The number of amides is 1. The summed E-state index contributed by atoms with van der Waals surface area (Å²) in [5.41, 5.74) is 5.89. The number of H-pyrrole nitrogens is 1. The highest BCUT2D eigenvalue weighted by Gasteiger charge is 2.23. The first kappa shape index (κ1) is 13.6. The molecule has 1 rings (SSSR count). The number of rotatable bonds is 5. The Morgan fingerprint density at radius 1 is 1.59 bits per heavy atom. The van der Waals surface area contributed by atoms with Crippen LogP contribution in [0.5, 0.6) is 0 Å². The normalized spacial score (nSPS) is 14.4. The van der Waals surface area contributed by atoms with E-state index in [1.165, 1.54) is 0 Å². The Morgan fingerprint density at radius 2 is 2.24 bits per heavy atom. The van der Waals surface area contributed by atoms with Gasteiger partial charge in [-0.25, -0.2) is 4.98 Å². The highest BCUT2D eigenvalue weighted by atomic mass is 16.2. The number of nitrogens with zero attached hydrogens (tertiary/aromatic N) is 3. The molecule has 0 fully saturated rings. The third kappa shape index (κ3) is 3.52. The van der Waals surface area contributed by atoms with E-state index >= 15 is 0 Å². The number of nitrogens with two attached hydrogens (primary N) is 1. The van der Waals surface area contributed by atoms with E-state index in [1.54, 1.807) is 11.9 Å². The number of aryl methyl sites for hydroxylation is 1. The summed E-state index contributed by atoms with van der Waals surface area (Å²) in [7, 11) is 1.72. The Balaban J connectivity index is 2.58. The number of aromatic nitrogens is 3. The van der Waals surface area contributed by atoms with Gasteiger partial charge in [0.05, 0.1) is 12.6 Å². The van der Waals surface area contributed by atoms with Crippen molar-refractivity contribution >= 4 is 5.91 Å². The number of carbonyl (C=O) groups excluding carboxylic acids is 1. The van der Waals surface area contributed by atoms with Crippen LogP contribution in [0, 0.1) is 12.8 Å². The van der Waals surface area contributed by atoms with Crippen molar-refractivity contribution in [1.29, 1.82) is 0 Å². The van der Waals surface area contributed by atoms with Gasteiger partial charge in [0.25, 0.3) is 0 Å². The highest BCUT2D eigenvalue weighted by Crippen LogP contribution is 2.09. The summed E-state index contributed by atoms with van der Waals surface area (Å²) in [6.07, 6.45) is 0.889. The number of nitrogens with one attached hydrogen (secondary N) is 1. The van der Waals surface area contributed by atoms with E-state index in [0.717, 1.165) is 12.2 Å². The van der Waals surface area contributed by atoms with Crippen LogP contribution < -0.4 is 5.73 Å². The third-order valence-corrected chi connectivity index (χ3v) is 2.94. The topological polar surface area (TPSA) is 87.9 Å². The zero-order valence-electron chi connectivity index (χ0n) is 10.9. The largest absolute Gasteiger partial charge is 0.337 e. The number of likely N-dealkylation sites (N-methyl/N-ethyl adjacent to an activating group) is 1. The van der Waals surface area contributed by atoms with Crippen molar-refractivity contribution in [2.24, 2.45) is 11.7 Å². The molecule has 1 amide bonds. The lowest BCUT2D eigenvalue weighted by atomic mass is 9.99. The summed E-state index contributed by atoms with van der Waals surface area (Å²) in [4.78, 5) is 17.7. The second kappa shape index (κ2) is 5.77. The second-order valence-corrected chi connectivity index (χ2v) is 4.44. The van der Waals surface area contributed by atoms with Crippen molar-refractivity contribution in [1.82, 2.24) is 20.1 Å². The molecule has 17 heavy (non-hydrogen) atoms. The molecule has 1 unspecified atom stereocenters. The molecule has 6 nitrogen and oxygen atoms in total. The van der Waals surface area contributed by atoms with Crippen LogP contribution in [-0.2, 0) is 11.3 Å². The quantitative estimate of drug-likeness (QED) is 0.780. The molecule has 0 aliphatic heterocycles. The highest BCUT2D eigenvalue weighted by molar-refractivity contribution is 5.81. The molecule has 0 bridgehead atoms. The Bertz CT molecular complexity index is 376. The molecule has 1 aromatic heterocycles. The molecule has 0 aliphatic rings. The molecule has 2 atom stereocenters. The molecule has 0 radical (unpaired) electrons. The molecule has 1 heterocycles. The van der Waals surface area contributed by atoms with Gasteiger partial charge in [-0.2, -0.15) is 5.10 Å². The molecular weight excluding hydrogens is 218 g/mol. The SMILES string of the molecule is CCC(C)[C@H](N)C(=O)N(C)Cc1n[nH]c(C)n1. The van der Waals surface area contributed by atoms with Gasteiger partial charge in [0.1, 0.15) is 5.82 Å². The van der Waals surface area contributed by atoms with Crippen LogP contribution in [0.15, 0.2) is 0 Å². The predicted octanol–water partition coefficient (Wildman–Crippen LogP) is 0.445. The van der Waals surface area contributed by atoms with Gasteiger partial charge in [-0.1, -0.05) is 20.3 Å². The van der Waals surface area contributed by atoms with Gasteiger partial charge in [0.2, 0.25) is 5.91 Å². The average molecular weight is 239 g/mol. The lowest BCUT2D eigenvalue weighted by Gasteiger charge is -2.23. The van der Waals surface area contributed by atoms with E-state index in [1.807, 2.05) is 20.8 Å². The van der Waals surface area contributed by atoms with E-state index in [-0.39, 0.29) is 11.8 Å². The minimum Gasteiger partial charge on any atom is -0.337 e. The molecule has 0 aliphatic carbocycles. The predicted molar refractivity (Wildman–Crippen MR) is 65.0 cm³/mol. The summed E-state index contributed by atoms with van der Waals surface area (Å²) >= 11 is 0. The van der Waals surface area contributed by atoms with Crippen LogP contribution in [0.3, 0.4) is 0 Å². The number of carbonyl (C=O) groups is 1. The number of hydrogen-bond acceptors (Lipinski definition) is 4. The van der Waals surface area contributed by atoms with E-state index in [4.69, 9.17) is 5.73 Å². The standard InChI is InChI=1S/C11H21N5O/c1-5-7(2)10(12)11(17)16(4)6-9-13-8(3)14-15-9/h7,10H,5-6,12H2,1-4H3,(H,13,14,15)/t7?,10-/m0/s1. The van der Waals surface area contributed by atoms with Crippen LogP contribution >= 0.6 is 0 Å². The minimum atomic E-state index is -0.454. The van der Waals surface area contributed by atoms with Crippen LogP contribution in [-0.4, -0.2) is 39.1 Å². The maximum absolute atomic E-state index is 12.0. The van der Waals surface area contributed by atoms with Crippen molar-refractivity contribution in [2.75, 3.05) is 7.05 Å². The van der Waals surface area contributed by atoms with Gasteiger partial charge >= 0.3 is 0 Å². The number of hydrogen-bond donors (Lipinski definition) is 2. The Morgan fingerprint density at radius 3 is 2.71 bits per heavy atom. The van der Waals surface area contributed by atoms with Crippen molar-refractivity contribution in [2.45, 2.75) is 39.8 Å². The lowest BCUT2D eigenvalue weighted by molar-refractivity contribution is -0.133. The van der Waals surface area contributed by atoms with Gasteiger partial charge in [0.15, 0.2) is 5.82 Å². The monoisotopic (exact) mass is 239 g/mol.